The van der Waals surface area contributed by atoms with Crippen molar-refractivity contribution < 1.29 is 4.79 Å². The molecule has 2 aromatic rings. The second kappa shape index (κ2) is 4.37. The number of rotatable bonds is 2. The van der Waals surface area contributed by atoms with Gasteiger partial charge in [0.15, 0.2) is 0 Å². The summed E-state index contributed by atoms with van der Waals surface area (Å²) in [6.07, 6.45) is 2.39. The van der Waals surface area contributed by atoms with Gasteiger partial charge < -0.3 is 0 Å². The molecule has 76 valence electrons. The van der Waals surface area contributed by atoms with Crippen LogP contribution in [0.3, 0.4) is 0 Å². The van der Waals surface area contributed by atoms with E-state index in [4.69, 9.17) is 5.26 Å². The summed E-state index contributed by atoms with van der Waals surface area (Å²) in [5.41, 5.74) is 2.78. The Balaban J connectivity index is 2.50. The Labute approximate surface area is 93.0 Å². The number of hydrogen-bond acceptors (Lipinski definition) is 3. The molecule has 0 atom stereocenters. The summed E-state index contributed by atoms with van der Waals surface area (Å²) in [4.78, 5) is 14.5. The molecule has 3 nitrogen and oxygen atoms in total. The molecule has 0 aliphatic carbocycles. The maximum atomic E-state index is 10.6. The van der Waals surface area contributed by atoms with E-state index in [1.807, 2.05) is 24.3 Å². The molecule has 0 fully saturated rings. The van der Waals surface area contributed by atoms with Crippen LogP contribution in [0.2, 0.25) is 0 Å². The van der Waals surface area contributed by atoms with Crippen LogP contribution in [0.5, 0.6) is 0 Å². The third-order valence-electron chi connectivity index (χ3n) is 2.23. The van der Waals surface area contributed by atoms with Crippen LogP contribution in [0.25, 0.3) is 11.1 Å². The second-order valence-corrected chi connectivity index (χ2v) is 3.28. The van der Waals surface area contributed by atoms with Crippen LogP contribution in [-0.4, -0.2) is 11.3 Å². The Morgan fingerprint density at radius 1 is 1.19 bits per heavy atom. The fourth-order valence-corrected chi connectivity index (χ4v) is 1.46. The molecule has 1 aromatic carbocycles. The van der Waals surface area contributed by atoms with Gasteiger partial charge >= 0.3 is 0 Å². The number of nitrogens with zero attached hydrogens (tertiary/aromatic N) is 2. The highest BCUT2D eigenvalue weighted by Gasteiger charge is 2.00. The Morgan fingerprint density at radius 3 is 2.75 bits per heavy atom. The van der Waals surface area contributed by atoms with E-state index in [1.165, 1.54) is 0 Å². The van der Waals surface area contributed by atoms with Gasteiger partial charge in [0.25, 0.3) is 0 Å². The molecular weight excluding hydrogens is 200 g/mol. The van der Waals surface area contributed by atoms with Crippen LogP contribution in [0, 0.1) is 11.3 Å². The Morgan fingerprint density at radius 2 is 2.00 bits per heavy atom. The normalized spacial score (nSPS) is 9.44. The summed E-state index contributed by atoms with van der Waals surface area (Å²) < 4.78 is 0. The number of hydrogen-bond donors (Lipinski definition) is 0. The molecule has 0 bridgehead atoms. The van der Waals surface area contributed by atoms with E-state index in [-0.39, 0.29) is 0 Å². The summed E-state index contributed by atoms with van der Waals surface area (Å²) in [7, 11) is 0. The van der Waals surface area contributed by atoms with Gasteiger partial charge in [-0.3, -0.25) is 4.79 Å². The van der Waals surface area contributed by atoms with Gasteiger partial charge in [-0.2, -0.15) is 5.26 Å². The summed E-state index contributed by atoms with van der Waals surface area (Å²) in [6, 6.07) is 12.7. The molecule has 16 heavy (non-hydrogen) atoms. The second-order valence-electron chi connectivity index (χ2n) is 3.28. The van der Waals surface area contributed by atoms with E-state index >= 15 is 0 Å². The first-order chi connectivity index (χ1) is 7.83. The fraction of sp³-hybridized carbons (Fsp3) is 0. The molecule has 0 N–H and O–H groups in total. The maximum Gasteiger partial charge on any atom is 0.150 e. The summed E-state index contributed by atoms with van der Waals surface area (Å²) in [5, 5.41) is 8.74. The molecule has 0 saturated carbocycles. The summed E-state index contributed by atoms with van der Waals surface area (Å²) in [6.45, 7) is 0. The fourth-order valence-electron chi connectivity index (χ4n) is 1.46. The number of aromatic nitrogens is 1. The SMILES string of the molecule is N#Cc1cc(-c2cccc(C=O)c2)ccn1. The van der Waals surface area contributed by atoms with Gasteiger partial charge in [0.1, 0.15) is 18.0 Å². The van der Waals surface area contributed by atoms with Crippen molar-refractivity contribution >= 4 is 6.29 Å². The minimum Gasteiger partial charge on any atom is -0.298 e. The van der Waals surface area contributed by atoms with Crippen LogP contribution in [0.15, 0.2) is 42.6 Å². The van der Waals surface area contributed by atoms with Crippen molar-refractivity contribution in [2.45, 2.75) is 0 Å². The topological polar surface area (TPSA) is 53.8 Å². The van der Waals surface area contributed by atoms with Crippen LogP contribution >= 0.6 is 0 Å². The molecule has 0 aliphatic rings. The van der Waals surface area contributed by atoms with Crippen LogP contribution in [0.1, 0.15) is 16.1 Å². The smallest absolute Gasteiger partial charge is 0.150 e. The zero-order valence-electron chi connectivity index (χ0n) is 8.42. The zero-order chi connectivity index (χ0) is 11.4. The van der Waals surface area contributed by atoms with Gasteiger partial charge in [0.05, 0.1) is 0 Å². The van der Waals surface area contributed by atoms with E-state index in [0.717, 1.165) is 17.4 Å². The molecule has 1 heterocycles. The Hall–Kier alpha value is -2.47. The molecule has 3 heteroatoms. The molecule has 0 aliphatic heterocycles. The third kappa shape index (κ3) is 1.96. The average Bonchev–Trinajstić information content (AvgIpc) is 2.39. The number of aldehydes is 1. The van der Waals surface area contributed by atoms with Crippen LogP contribution in [-0.2, 0) is 0 Å². The number of carbonyl (C=O) groups excluding carboxylic acids is 1. The standard InChI is InChI=1S/C13H8N2O/c14-8-13-7-12(4-5-15-13)11-3-1-2-10(6-11)9-16/h1-7,9H. The lowest BCUT2D eigenvalue weighted by molar-refractivity contribution is 0.112. The summed E-state index contributed by atoms with van der Waals surface area (Å²) in [5.74, 6) is 0. The number of carbonyl (C=O) groups is 1. The van der Waals surface area contributed by atoms with E-state index in [2.05, 4.69) is 4.98 Å². The van der Waals surface area contributed by atoms with Crippen molar-refractivity contribution in [2.75, 3.05) is 0 Å². The summed E-state index contributed by atoms with van der Waals surface area (Å²) >= 11 is 0. The molecule has 0 unspecified atom stereocenters. The van der Waals surface area contributed by atoms with Crippen LogP contribution in [0.4, 0.5) is 0 Å². The van der Waals surface area contributed by atoms with Crippen molar-refractivity contribution in [2.24, 2.45) is 0 Å². The highest BCUT2D eigenvalue weighted by atomic mass is 16.1. The van der Waals surface area contributed by atoms with Gasteiger partial charge in [-0.05, 0) is 29.3 Å². The molecule has 0 radical (unpaired) electrons. The van der Waals surface area contributed by atoms with Gasteiger partial charge in [-0.25, -0.2) is 4.98 Å². The van der Waals surface area contributed by atoms with Crippen molar-refractivity contribution in [1.82, 2.24) is 4.98 Å². The molecule has 1 aromatic heterocycles. The molecule has 0 saturated heterocycles. The lowest BCUT2D eigenvalue weighted by Crippen LogP contribution is -1.85. The lowest BCUT2D eigenvalue weighted by atomic mass is 10.0. The highest BCUT2D eigenvalue weighted by molar-refractivity contribution is 5.78. The van der Waals surface area contributed by atoms with E-state index in [0.29, 0.717) is 11.3 Å². The van der Waals surface area contributed by atoms with Crippen molar-refractivity contribution in [1.29, 1.82) is 5.26 Å². The number of nitriles is 1. The molecule has 0 spiro atoms. The van der Waals surface area contributed by atoms with E-state index in [9.17, 15) is 4.79 Å². The lowest BCUT2D eigenvalue weighted by Gasteiger charge is -2.01. The third-order valence-corrected chi connectivity index (χ3v) is 2.23. The predicted octanol–water partition coefficient (Wildman–Crippen LogP) is 2.43. The van der Waals surface area contributed by atoms with Crippen molar-refractivity contribution in [3.63, 3.8) is 0 Å². The minimum atomic E-state index is 0.369. The van der Waals surface area contributed by atoms with E-state index < -0.39 is 0 Å². The largest absolute Gasteiger partial charge is 0.298 e. The van der Waals surface area contributed by atoms with Gasteiger partial charge in [-0.15, -0.1) is 0 Å². The first-order valence-electron chi connectivity index (χ1n) is 4.75. The molecule has 2 rings (SSSR count). The monoisotopic (exact) mass is 208 g/mol. The van der Waals surface area contributed by atoms with E-state index in [1.54, 1.807) is 24.4 Å². The first kappa shape index (κ1) is 10.1. The van der Waals surface area contributed by atoms with Crippen LogP contribution < -0.4 is 0 Å². The van der Waals surface area contributed by atoms with Gasteiger partial charge in [0, 0.05) is 11.8 Å². The molecular formula is C13H8N2O. The van der Waals surface area contributed by atoms with Crippen molar-refractivity contribution in [3.05, 3.63) is 53.9 Å². The first-order valence-corrected chi connectivity index (χ1v) is 4.75. The van der Waals surface area contributed by atoms with Gasteiger partial charge in [-0.1, -0.05) is 18.2 Å². The minimum absolute atomic E-state index is 0.369. The van der Waals surface area contributed by atoms with Gasteiger partial charge in [0.2, 0.25) is 0 Å². The van der Waals surface area contributed by atoms with Crippen molar-refractivity contribution in [3.8, 4) is 17.2 Å². The number of benzene rings is 1. The Kier molecular flexibility index (Phi) is 2.75. The highest BCUT2D eigenvalue weighted by Crippen LogP contribution is 2.19. The quantitative estimate of drug-likeness (QED) is 0.712. The molecule has 0 amide bonds. The Bertz CT molecular complexity index is 570. The maximum absolute atomic E-state index is 10.6. The predicted molar refractivity (Wildman–Crippen MR) is 59.8 cm³/mol. The average molecular weight is 208 g/mol. The zero-order valence-corrected chi connectivity index (χ0v) is 8.42. The number of pyridine rings is 1.